The van der Waals surface area contributed by atoms with Crippen LogP contribution < -0.4 is 5.32 Å². The van der Waals surface area contributed by atoms with Gasteiger partial charge in [0.15, 0.2) is 0 Å². The summed E-state index contributed by atoms with van der Waals surface area (Å²) in [5.74, 6) is 0.693. The van der Waals surface area contributed by atoms with Gasteiger partial charge in [0.25, 0.3) is 0 Å². The van der Waals surface area contributed by atoms with E-state index in [1.54, 1.807) is 18.0 Å². The first-order chi connectivity index (χ1) is 7.56. The second-order valence-corrected chi connectivity index (χ2v) is 5.20. The lowest BCUT2D eigenvalue weighted by Crippen LogP contribution is -2.47. The number of nitrogens with zero attached hydrogens (tertiary/aromatic N) is 2. The van der Waals surface area contributed by atoms with Crippen LogP contribution in [0, 0.1) is 11.3 Å². The number of pyridine rings is 1. The van der Waals surface area contributed by atoms with E-state index in [0.29, 0.717) is 11.8 Å². The van der Waals surface area contributed by atoms with Crippen molar-refractivity contribution >= 4 is 11.8 Å². The van der Waals surface area contributed by atoms with Crippen molar-refractivity contribution < 1.29 is 0 Å². The highest BCUT2D eigenvalue weighted by molar-refractivity contribution is 7.99. The predicted octanol–water partition coefficient (Wildman–Crippen LogP) is 2.45. The molecular formula is C12H17N3S. The van der Waals surface area contributed by atoms with Crippen LogP contribution in [0.25, 0.3) is 0 Å². The summed E-state index contributed by atoms with van der Waals surface area (Å²) >= 11 is 1.60. The summed E-state index contributed by atoms with van der Waals surface area (Å²) in [7, 11) is 0. The summed E-state index contributed by atoms with van der Waals surface area (Å²) in [5, 5.41) is 13.4. The standard InChI is InChI=1S/C12H17N3S/c1-10(2)15-12(3,8-13)9-16-11-6-4-5-7-14-11/h4-7,10,15H,9H2,1-3H3. The van der Waals surface area contributed by atoms with E-state index in [0.717, 1.165) is 5.03 Å². The topological polar surface area (TPSA) is 48.7 Å². The molecule has 0 radical (unpaired) electrons. The molecule has 1 N–H and O–H groups in total. The maximum atomic E-state index is 9.17. The number of rotatable bonds is 5. The van der Waals surface area contributed by atoms with Gasteiger partial charge in [-0.25, -0.2) is 4.98 Å². The SMILES string of the molecule is CC(C)NC(C)(C#N)CSc1ccccn1. The summed E-state index contributed by atoms with van der Waals surface area (Å²) in [5.41, 5.74) is -0.504. The third-order valence-electron chi connectivity index (χ3n) is 2.00. The molecule has 0 fully saturated rings. The third kappa shape index (κ3) is 4.21. The first-order valence-electron chi connectivity index (χ1n) is 5.28. The maximum Gasteiger partial charge on any atom is 0.113 e. The Labute approximate surface area is 101 Å². The fourth-order valence-corrected chi connectivity index (χ4v) is 2.29. The molecular weight excluding hydrogens is 218 g/mol. The van der Waals surface area contributed by atoms with Crippen molar-refractivity contribution in [2.75, 3.05) is 5.75 Å². The van der Waals surface area contributed by atoms with E-state index >= 15 is 0 Å². The molecule has 0 aromatic carbocycles. The number of nitrogens with one attached hydrogen (secondary N) is 1. The van der Waals surface area contributed by atoms with E-state index in [1.165, 1.54) is 0 Å². The molecule has 1 rings (SSSR count). The smallest absolute Gasteiger partial charge is 0.113 e. The summed E-state index contributed by atoms with van der Waals surface area (Å²) in [6.45, 7) is 6.00. The summed E-state index contributed by atoms with van der Waals surface area (Å²) in [6.07, 6.45) is 1.77. The first-order valence-corrected chi connectivity index (χ1v) is 6.27. The third-order valence-corrected chi connectivity index (χ3v) is 3.26. The highest BCUT2D eigenvalue weighted by Gasteiger charge is 2.24. The van der Waals surface area contributed by atoms with Crippen molar-refractivity contribution in [1.82, 2.24) is 10.3 Å². The van der Waals surface area contributed by atoms with Gasteiger partial charge in [-0.05, 0) is 32.9 Å². The van der Waals surface area contributed by atoms with Gasteiger partial charge in [0.05, 0.1) is 11.1 Å². The largest absolute Gasteiger partial charge is 0.297 e. The lowest BCUT2D eigenvalue weighted by Gasteiger charge is -2.25. The Kier molecular flexibility index (Phi) is 4.78. The molecule has 0 bridgehead atoms. The Morgan fingerprint density at radius 2 is 2.31 bits per heavy atom. The van der Waals surface area contributed by atoms with Gasteiger partial charge in [-0.15, -0.1) is 11.8 Å². The average Bonchev–Trinajstić information content (AvgIpc) is 2.27. The number of thioether (sulfide) groups is 1. The predicted molar refractivity (Wildman–Crippen MR) is 67.3 cm³/mol. The van der Waals surface area contributed by atoms with Gasteiger partial charge >= 0.3 is 0 Å². The zero-order valence-corrected chi connectivity index (χ0v) is 10.7. The maximum absolute atomic E-state index is 9.17. The molecule has 86 valence electrons. The number of nitriles is 1. The van der Waals surface area contributed by atoms with Crippen LogP contribution in [0.15, 0.2) is 29.4 Å². The van der Waals surface area contributed by atoms with Gasteiger partial charge in [0.1, 0.15) is 5.54 Å². The Morgan fingerprint density at radius 3 is 2.81 bits per heavy atom. The molecule has 0 aliphatic heterocycles. The van der Waals surface area contributed by atoms with E-state index in [9.17, 15) is 0 Å². The van der Waals surface area contributed by atoms with Crippen LogP contribution in [0.5, 0.6) is 0 Å². The average molecular weight is 235 g/mol. The highest BCUT2D eigenvalue weighted by atomic mass is 32.2. The van der Waals surface area contributed by atoms with E-state index < -0.39 is 5.54 Å². The van der Waals surface area contributed by atoms with Crippen molar-refractivity contribution in [2.24, 2.45) is 0 Å². The molecule has 1 atom stereocenters. The molecule has 3 nitrogen and oxygen atoms in total. The molecule has 1 heterocycles. The second-order valence-electron chi connectivity index (χ2n) is 4.20. The Morgan fingerprint density at radius 1 is 1.56 bits per heavy atom. The summed E-state index contributed by atoms with van der Waals surface area (Å²) in [4.78, 5) is 4.22. The minimum Gasteiger partial charge on any atom is -0.297 e. The van der Waals surface area contributed by atoms with Crippen molar-refractivity contribution in [1.29, 1.82) is 5.26 Å². The first kappa shape index (κ1) is 13.0. The van der Waals surface area contributed by atoms with Crippen LogP contribution in [0.3, 0.4) is 0 Å². The second kappa shape index (κ2) is 5.88. The number of hydrogen-bond donors (Lipinski definition) is 1. The van der Waals surface area contributed by atoms with Gasteiger partial charge in [0, 0.05) is 18.0 Å². The number of hydrogen-bond acceptors (Lipinski definition) is 4. The normalized spacial score (nSPS) is 14.4. The van der Waals surface area contributed by atoms with E-state index in [2.05, 4.69) is 16.4 Å². The fraction of sp³-hybridized carbons (Fsp3) is 0.500. The molecule has 0 aliphatic rings. The minimum atomic E-state index is -0.504. The molecule has 16 heavy (non-hydrogen) atoms. The molecule has 0 spiro atoms. The zero-order valence-electron chi connectivity index (χ0n) is 9.90. The van der Waals surface area contributed by atoms with Crippen molar-refractivity contribution in [2.45, 2.75) is 37.4 Å². The van der Waals surface area contributed by atoms with Crippen molar-refractivity contribution in [3.8, 4) is 6.07 Å². The van der Waals surface area contributed by atoms with Gasteiger partial charge in [-0.2, -0.15) is 5.26 Å². The summed E-state index contributed by atoms with van der Waals surface area (Å²) in [6, 6.07) is 8.42. The Bertz CT molecular complexity index is 358. The van der Waals surface area contributed by atoms with Crippen molar-refractivity contribution in [3.05, 3.63) is 24.4 Å². The van der Waals surface area contributed by atoms with E-state index in [4.69, 9.17) is 5.26 Å². The van der Waals surface area contributed by atoms with Crippen molar-refractivity contribution in [3.63, 3.8) is 0 Å². The van der Waals surface area contributed by atoms with Crippen LogP contribution >= 0.6 is 11.8 Å². The highest BCUT2D eigenvalue weighted by Crippen LogP contribution is 2.20. The molecule has 0 saturated heterocycles. The molecule has 4 heteroatoms. The minimum absolute atomic E-state index is 0.300. The molecule has 1 aromatic rings. The van der Waals surface area contributed by atoms with Gasteiger partial charge in [0.2, 0.25) is 0 Å². The lowest BCUT2D eigenvalue weighted by molar-refractivity contribution is 0.443. The fourth-order valence-electron chi connectivity index (χ4n) is 1.39. The summed E-state index contributed by atoms with van der Waals surface area (Å²) < 4.78 is 0. The Balaban J connectivity index is 2.56. The lowest BCUT2D eigenvalue weighted by atomic mass is 10.1. The van der Waals surface area contributed by atoms with Crippen LogP contribution in [0.2, 0.25) is 0 Å². The molecule has 1 aromatic heterocycles. The van der Waals surface area contributed by atoms with Gasteiger partial charge in [-0.3, -0.25) is 5.32 Å². The molecule has 0 amide bonds. The van der Waals surface area contributed by atoms with Crippen LogP contribution in [-0.2, 0) is 0 Å². The van der Waals surface area contributed by atoms with Gasteiger partial charge in [-0.1, -0.05) is 6.07 Å². The van der Waals surface area contributed by atoms with Crippen LogP contribution in [0.1, 0.15) is 20.8 Å². The number of aromatic nitrogens is 1. The zero-order chi connectivity index (χ0) is 12.0. The quantitative estimate of drug-likeness (QED) is 0.796. The molecule has 0 saturated carbocycles. The van der Waals surface area contributed by atoms with Crippen LogP contribution in [0.4, 0.5) is 0 Å². The molecule has 1 unspecified atom stereocenters. The molecule has 0 aliphatic carbocycles. The van der Waals surface area contributed by atoms with E-state index in [1.807, 2.05) is 39.0 Å². The monoisotopic (exact) mass is 235 g/mol. The van der Waals surface area contributed by atoms with Gasteiger partial charge < -0.3 is 0 Å². The van der Waals surface area contributed by atoms with E-state index in [-0.39, 0.29) is 0 Å². The van der Waals surface area contributed by atoms with Crippen LogP contribution in [-0.4, -0.2) is 22.3 Å². The Hall–Kier alpha value is -1.05.